The van der Waals surface area contributed by atoms with E-state index in [-0.39, 0.29) is 17.2 Å². The van der Waals surface area contributed by atoms with Crippen molar-refractivity contribution >= 4 is 23.6 Å². The number of carbonyl (C=O) groups excluding carboxylic acids is 1. The minimum atomic E-state index is -0.884. The molecule has 5 heteroatoms. The van der Waals surface area contributed by atoms with Gasteiger partial charge in [-0.1, -0.05) is 50.6 Å². The number of hydrogen-bond donors (Lipinski definition) is 2. The Morgan fingerprint density at radius 1 is 1.32 bits per heavy atom. The monoisotopic (exact) mass is 323 g/mol. The van der Waals surface area contributed by atoms with Gasteiger partial charge < -0.3 is 10.4 Å². The number of aliphatic carboxylic acids is 1. The van der Waals surface area contributed by atoms with Crippen molar-refractivity contribution in [2.75, 3.05) is 12.3 Å². The van der Waals surface area contributed by atoms with Crippen LogP contribution in [0.1, 0.15) is 31.9 Å². The van der Waals surface area contributed by atoms with Crippen LogP contribution in [0, 0.1) is 12.8 Å². The van der Waals surface area contributed by atoms with Crippen molar-refractivity contribution in [2.45, 2.75) is 38.9 Å². The third-order valence-electron chi connectivity index (χ3n) is 3.10. The van der Waals surface area contributed by atoms with Gasteiger partial charge in [0.2, 0.25) is 5.91 Å². The first-order chi connectivity index (χ1) is 10.2. The number of aryl methyl sites for hydroxylation is 1. The molecule has 0 heterocycles. The Bertz CT molecular complexity index is 523. The van der Waals surface area contributed by atoms with Crippen LogP contribution in [-0.2, 0) is 16.0 Å². The zero-order valence-corrected chi connectivity index (χ0v) is 14.5. The summed E-state index contributed by atoms with van der Waals surface area (Å²) in [4.78, 5) is 23.2. The molecule has 0 aliphatic heterocycles. The van der Waals surface area contributed by atoms with Crippen LogP contribution < -0.4 is 5.32 Å². The number of rotatable bonds is 7. The summed E-state index contributed by atoms with van der Waals surface area (Å²) in [6.45, 7) is 8.27. The van der Waals surface area contributed by atoms with Crippen LogP contribution in [0.3, 0.4) is 0 Å². The number of nitrogens with one attached hydrogen (secondary N) is 1. The van der Waals surface area contributed by atoms with E-state index in [1.165, 1.54) is 0 Å². The second-order valence-electron chi connectivity index (χ2n) is 6.43. The number of benzene rings is 1. The summed E-state index contributed by atoms with van der Waals surface area (Å²) in [7, 11) is 0. The highest BCUT2D eigenvalue weighted by Gasteiger charge is 2.20. The van der Waals surface area contributed by atoms with Crippen molar-refractivity contribution in [1.82, 2.24) is 5.32 Å². The SMILES string of the molecule is Cc1cccc(CC(CNC(=O)CSC(C)(C)C)C(=O)O)c1. The van der Waals surface area contributed by atoms with Crippen LogP contribution in [-0.4, -0.2) is 34.0 Å². The van der Waals surface area contributed by atoms with Gasteiger partial charge in [-0.2, -0.15) is 0 Å². The van der Waals surface area contributed by atoms with E-state index in [1.54, 1.807) is 11.8 Å². The Labute approximate surface area is 136 Å². The molecule has 1 amide bonds. The first-order valence-corrected chi connectivity index (χ1v) is 8.35. The van der Waals surface area contributed by atoms with Crippen molar-refractivity contribution < 1.29 is 14.7 Å². The number of thioether (sulfide) groups is 1. The topological polar surface area (TPSA) is 66.4 Å². The highest BCUT2D eigenvalue weighted by Crippen LogP contribution is 2.22. The fourth-order valence-electron chi connectivity index (χ4n) is 1.94. The molecule has 1 rings (SSSR count). The maximum Gasteiger partial charge on any atom is 0.308 e. The van der Waals surface area contributed by atoms with Crippen molar-refractivity contribution in [1.29, 1.82) is 0 Å². The minimum absolute atomic E-state index is 0.0190. The van der Waals surface area contributed by atoms with Gasteiger partial charge in [0.15, 0.2) is 0 Å². The van der Waals surface area contributed by atoms with Crippen molar-refractivity contribution in [3.8, 4) is 0 Å². The molecule has 2 N–H and O–H groups in total. The lowest BCUT2D eigenvalue weighted by molar-refractivity contribution is -0.141. The first-order valence-electron chi connectivity index (χ1n) is 7.36. The van der Waals surface area contributed by atoms with E-state index in [1.807, 2.05) is 52.0 Å². The number of carbonyl (C=O) groups is 2. The molecule has 22 heavy (non-hydrogen) atoms. The quantitative estimate of drug-likeness (QED) is 0.810. The average Bonchev–Trinajstić information content (AvgIpc) is 2.40. The molecule has 0 aliphatic carbocycles. The molecule has 0 fully saturated rings. The largest absolute Gasteiger partial charge is 0.481 e. The molecule has 0 bridgehead atoms. The normalized spacial score (nSPS) is 12.7. The fourth-order valence-corrected chi connectivity index (χ4v) is 2.61. The van der Waals surface area contributed by atoms with E-state index < -0.39 is 11.9 Å². The summed E-state index contributed by atoms with van der Waals surface area (Å²) in [5.74, 6) is -1.26. The minimum Gasteiger partial charge on any atom is -0.481 e. The van der Waals surface area contributed by atoms with Gasteiger partial charge in [-0.3, -0.25) is 9.59 Å². The zero-order chi connectivity index (χ0) is 16.8. The van der Waals surface area contributed by atoms with Gasteiger partial charge in [0, 0.05) is 11.3 Å². The standard InChI is InChI=1S/C17H25NO3S/c1-12-6-5-7-13(8-12)9-14(16(20)21)10-18-15(19)11-22-17(2,3)4/h5-8,14H,9-11H2,1-4H3,(H,18,19)(H,20,21). The van der Waals surface area contributed by atoms with Crippen molar-refractivity contribution in [2.24, 2.45) is 5.92 Å². The molecule has 0 saturated heterocycles. The fraction of sp³-hybridized carbons (Fsp3) is 0.529. The second-order valence-corrected chi connectivity index (χ2v) is 8.24. The average molecular weight is 323 g/mol. The van der Waals surface area contributed by atoms with E-state index in [4.69, 9.17) is 0 Å². The zero-order valence-electron chi connectivity index (χ0n) is 13.7. The van der Waals surface area contributed by atoms with Gasteiger partial charge in [0.25, 0.3) is 0 Å². The molecule has 0 radical (unpaired) electrons. The van der Waals surface area contributed by atoms with Crippen LogP contribution in [0.4, 0.5) is 0 Å². The van der Waals surface area contributed by atoms with Crippen LogP contribution >= 0.6 is 11.8 Å². The smallest absolute Gasteiger partial charge is 0.308 e. The van der Waals surface area contributed by atoms with Crippen LogP contribution in [0.2, 0.25) is 0 Å². The van der Waals surface area contributed by atoms with Crippen LogP contribution in [0.5, 0.6) is 0 Å². The summed E-state index contributed by atoms with van der Waals surface area (Å²) in [5, 5.41) is 12.1. The van der Waals surface area contributed by atoms with Gasteiger partial charge >= 0.3 is 5.97 Å². The number of hydrogen-bond acceptors (Lipinski definition) is 3. The predicted octanol–water partition coefficient (Wildman–Crippen LogP) is 2.89. The van der Waals surface area contributed by atoms with Gasteiger partial charge in [0.05, 0.1) is 11.7 Å². The maximum absolute atomic E-state index is 11.8. The molecule has 0 aliphatic rings. The first kappa shape index (κ1) is 18.6. The molecule has 1 aromatic carbocycles. The Balaban J connectivity index is 2.51. The molecule has 1 unspecified atom stereocenters. The lowest BCUT2D eigenvalue weighted by Crippen LogP contribution is -2.35. The molecule has 0 saturated carbocycles. The second kappa shape index (κ2) is 8.22. The van der Waals surface area contributed by atoms with E-state index in [9.17, 15) is 14.7 Å². The highest BCUT2D eigenvalue weighted by atomic mass is 32.2. The third-order valence-corrected chi connectivity index (χ3v) is 4.37. The molecule has 1 atom stereocenters. The van der Waals surface area contributed by atoms with E-state index in [0.29, 0.717) is 12.2 Å². The summed E-state index contributed by atoms with van der Waals surface area (Å²) in [6.07, 6.45) is 0.420. The molecule has 4 nitrogen and oxygen atoms in total. The third kappa shape index (κ3) is 7.50. The van der Waals surface area contributed by atoms with E-state index in [2.05, 4.69) is 5.32 Å². The van der Waals surface area contributed by atoms with Gasteiger partial charge in [-0.25, -0.2) is 0 Å². The maximum atomic E-state index is 11.8. The number of carboxylic acid groups (broad SMARTS) is 1. The summed E-state index contributed by atoms with van der Waals surface area (Å²) in [5.41, 5.74) is 2.08. The van der Waals surface area contributed by atoms with Crippen molar-refractivity contribution in [3.63, 3.8) is 0 Å². The highest BCUT2D eigenvalue weighted by molar-refractivity contribution is 8.01. The Hall–Kier alpha value is -1.49. The lowest BCUT2D eigenvalue weighted by atomic mass is 9.98. The molecular weight excluding hydrogens is 298 g/mol. The van der Waals surface area contributed by atoms with Gasteiger partial charge in [-0.05, 0) is 18.9 Å². The molecule has 0 aromatic heterocycles. The lowest BCUT2D eigenvalue weighted by Gasteiger charge is -2.18. The molecule has 1 aromatic rings. The van der Waals surface area contributed by atoms with Crippen LogP contribution in [0.15, 0.2) is 24.3 Å². The Morgan fingerprint density at radius 3 is 2.55 bits per heavy atom. The van der Waals surface area contributed by atoms with Crippen LogP contribution in [0.25, 0.3) is 0 Å². The molecule has 122 valence electrons. The summed E-state index contributed by atoms with van der Waals surface area (Å²) in [6, 6.07) is 7.79. The molecular formula is C17H25NO3S. The van der Waals surface area contributed by atoms with Crippen molar-refractivity contribution in [3.05, 3.63) is 35.4 Å². The summed E-state index contributed by atoms with van der Waals surface area (Å²) >= 11 is 1.55. The van der Waals surface area contributed by atoms with Gasteiger partial charge in [-0.15, -0.1) is 11.8 Å². The van der Waals surface area contributed by atoms with Gasteiger partial charge in [0.1, 0.15) is 0 Å². The Morgan fingerprint density at radius 2 is 2.00 bits per heavy atom. The van der Waals surface area contributed by atoms with E-state index in [0.717, 1.165) is 11.1 Å². The number of carboxylic acids is 1. The Kier molecular flexibility index (Phi) is 6.94. The van der Waals surface area contributed by atoms with E-state index >= 15 is 0 Å². The summed E-state index contributed by atoms with van der Waals surface area (Å²) < 4.78 is 0.0190. The molecule has 0 spiro atoms. The predicted molar refractivity (Wildman–Crippen MR) is 91.2 cm³/mol. The number of amides is 1.